The van der Waals surface area contributed by atoms with Gasteiger partial charge < -0.3 is 10.6 Å². The van der Waals surface area contributed by atoms with E-state index in [0.29, 0.717) is 50.4 Å². The van der Waals surface area contributed by atoms with Crippen LogP contribution in [-0.4, -0.2) is 72.9 Å². The van der Waals surface area contributed by atoms with E-state index in [9.17, 15) is 9.59 Å². The first-order valence-corrected chi connectivity index (χ1v) is 9.40. The first-order valence-electron chi connectivity index (χ1n) is 9.40. The van der Waals surface area contributed by atoms with Crippen LogP contribution in [0.4, 0.5) is 0 Å². The van der Waals surface area contributed by atoms with Crippen LogP contribution in [0.3, 0.4) is 0 Å². The van der Waals surface area contributed by atoms with Gasteiger partial charge in [0.25, 0.3) is 0 Å². The van der Waals surface area contributed by atoms with Crippen LogP contribution in [0, 0.1) is 0 Å². The Morgan fingerprint density at radius 3 is 2.16 bits per heavy atom. The van der Waals surface area contributed by atoms with E-state index in [1.54, 1.807) is 7.05 Å². The Hall–Kier alpha value is -1.63. The summed E-state index contributed by atoms with van der Waals surface area (Å²) in [6, 6.07) is 1.08. The second kappa shape index (κ2) is 11.1. The van der Waals surface area contributed by atoms with Gasteiger partial charge in [-0.2, -0.15) is 0 Å². The lowest BCUT2D eigenvalue weighted by Crippen LogP contribution is -2.47. The third-order valence-corrected chi connectivity index (χ3v) is 4.45. The van der Waals surface area contributed by atoms with Crippen molar-refractivity contribution < 1.29 is 9.59 Å². The summed E-state index contributed by atoms with van der Waals surface area (Å²) in [6.07, 6.45) is 2.65. The van der Waals surface area contributed by atoms with E-state index >= 15 is 0 Å². The minimum absolute atomic E-state index is 0.0662. The number of carbonyl (C=O) groups is 2. The SMILES string of the molecule is CN=C(NCCCN(C(C)C)C(C)C)NCCN1C(=O)CCCC1=O. The maximum Gasteiger partial charge on any atom is 0.229 e. The Morgan fingerprint density at radius 2 is 1.64 bits per heavy atom. The molecule has 0 aromatic carbocycles. The van der Waals surface area contributed by atoms with E-state index in [-0.39, 0.29) is 11.8 Å². The highest BCUT2D eigenvalue weighted by Gasteiger charge is 2.25. The fraction of sp³-hybridized carbons (Fsp3) is 0.833. The molecule has 1 aliphatic heterocycles. The lowest BCUT2D eigenvalue weighted by molar-refractivity contribution is -0.147. The highest BCUT2D eigenvalue weighted by molar-refractivity contribution is 5.97. The van der Waals surface area contributed by atoms with Crippen molar-refractivity contribution in [1.82, 2.24) is 20.4 Å². The van der Waals surface area contributed by atoms with E-state index < -0.39 is 0 Å². The molecule has 1 heterocycles. The predicted octanol–water partition coefficient (Wildman–Crippen LogP) is 1.20. The van der Waals surface area contributed by atoms with Gasteiger partial charge in [-0.15, -0.1) is 0 Å². The maximum absolute atomic E-state index is 11.8. The Kier molecular flexibility index (Phi) is 9.49. The highest BCUT2D eigenvalue weighted by atomic mass is 16.2. The van der Waals surface area contributed by atoms with Crippen LogP contribution in [0.15, 0.2) is 4.99 Å². The zero-order chi connectivity index (χ0) is 18.8. The third kappa shape index (κ3) is 7.42. The van der Waals surface area contributed by atoms with Crippen molar-refractivity contribution in [3.63, 3.8) is 0 Å². The molecule has 0 radical (unpaired) electrons. The molecule has 7 nitrogen and oxygen atoms in total. The highest BCUT2D eigenvalue weighted by Crippen LogP contribution is 2.11. The third-order valence-electron chi connectivity index (χ3n) is 4.45. The quantitative estimate of drug-likeness (QED) is 0.282. The van der Waals surface area contributed by atoms with Crippen molar-refractivity contribution in [2.75, 3.05) is 33.2 Å². The van der Waals surface area contributed by atoms with Crippen LogP contribution < -0.4 is 10.6 Å². The molecule has 0 saturated carbocycles. The average molecular weight is 354 g/mol. The molecule has 0 unspecified atom stereocenters. The van der Waals surface area contributed by atoms with Gasteiger partial charge in [0, 0.05) is 58.2 Å². The van der Waals surface area contributed by atoms with E-state index in [2.05, 4.69) is 48.2 Å². The predicted molar refractivity (Wildman–Crippen MR) is 102 cm³/mol. The number of aliphatic imine (C=N–C) groups is 1. The molecule has 1 aliphatic rings. The van der Waals surface area contributed by atoms with Crippen molar-refractivity contribution in [3.05, 3.63) is 0 Å². The number of hydrogen-bond donors (Lipinski definition) is 2. The fourth-order valence-corrected chi connectivity index (χ4v) is 3.14. The molecule has 0 aromatic rings. The van der Waals surface area contributed by atoms with Gasteiger partial charge >= 0.3 is 0 Å². The number of nitrogens with one attached hydrogen (secondary N) is 2. The molecule has 1 saturated heterocycles. The summed E-state index contributed by atoms with van der Waals surface area (Å²) in [5.41, 5.74) is 0. The number of likely N-dealkylation sites (tertiary alicyclic amines) is 1. The first-order chi connectivity index (χ1) is 11.9. The number of nitrogens with zero attached hydrogens (tertiary/aromatic N) is 3. The number of piperidine rings is 1. The fourth-order valence-electron chi connectivity index (χ4n) is 3.14. The number of rotatable bonds is 9. The smallest absolute Gasteiger partial charge is 0.229 e. The van der Waals surface area contributed by atoms with E-state index in [0.717, 1.165) is 19.5 Å². The number of carbonyl (C=O) groups excluding carboxylic acids is 2. The summed E-state index contributed by atoms with van der Waals surface area (Å²) in [6.45, 7) is 11.7. The van der Waals surface area contributed by atoms with Crippen molar-refractivity contribution in [3.8, 4) is 0 Å². The van der Waals surface area contributed by atoms with Crippen molar-refractivity contribution in [2.24, 2.45) is 4.99 Å². The van der Waals surface area contributed by atoms with Gasteiger partial charge in [0.2, 0.25) is 11.8 Å². The molecular weight excluding hydrogens is 318 g/mol. The zero-order valence-corrected chi connectivity index (χ0v) is 16.5. The Bertz CT molecular complexity index is 438. The van der Waals surface area contributed by atoms with Crippen molar-refractivity contribution >= 4 is 17.8 Å². The van der Waals surface area contributed by atoms with Crippen LogP contribution in [-0.2, 0) is 9.59 Å². The number of hydrogen-bond acceptors (Lipinski definition) is 4. The molecule has 144 valence electrons. The van der Waals surface area contributed by atoms with E-state index in [1.165, 1.54) is 4.90 Å². The average Bonchev–Trinajstić information content (AvgIpc) is 2.54. The molecule has 0 atom stereocenters. The van der Waals surface area contributed by atoms with Gasteiger partial charge in [0.1, 0.15) is 0 Å². The molecule has 25 heavy (non-hydrogen) atoms. The minimum Gasteiger partial charge on any atom is -0.356 e. The lowest BCUT2D eigenvalue weighted by Gasteiger charge is -2.30. The molecule has 2 amide bonds. The zero-order valence-electron chi connectivity index (χ0n) is 16.5. The van der Waals surface area contributed by atoms with Gasteiger partial charge in [-0.25, -0.2) is 0 Å². The van der Waals surface area contributed by atoms with Gasteiger partial charge in [-0.05, 0) is 40.5 Å². The number of guanidine groups is 1. The van der Waals surface area contributed by atoms with Crippen LogP contribution in [0.25, 0.3) is 0 Å². The normalized spacial score (nSPS) is 16.3. The monoisotopic (exact) mass is 353 g/mol. The molecular formula is C18H35N5O2. The van der Waals surface area contributed by atoms with Crippen molar-refractivity contribution in [1.29, 1.82) is 0 Å². The molecule has 0 aliphatic carbocycles. The summed E-state index contributed by atoms with van der Waals surface area (Å²) in [7, 11) is 1.72. The van der Waals surface area contributed by atoms with Gasteiger partial charge in [-0.1, -0.05) is 0 Å². The molecule has 2 N–H and O–H groups in total. The van der Waals surface area contributed by atoms with E-state index in [1.807, 2.05) is 0 Å². The summed E-state index contributed by atoms with van der Waals surface area (Å²) >= 11 is 0. The summed E-state index contributed by atoms with van der Waals surface area (Å²) in [5, 5.41) is 6.46. The van der Waals surface area contributed by atoms with Crippen LogP contribution in [0.5, 0.6) is 0 Å². The Labute approximate surface area is 152 Å². The largest absolute Gasteiger partial charge is 0.356 e. The van der Waals surface area contributed by atoms with Crippen molar-refractivity contribution in [2.45, 2.75) is 65.5 Å². The minimum atomic E-state index is -0.0662. The maximum atomic E-state index is 11.8. The molecule has 7 heteroatoms. The molecule has 0 spiro atoms. The lowest BCUT2D eigenvalue weighted by atomic mass is 10.1. The second-order valence-corrected chi connectivity index (χ2v) is 7.00. The molecule has 1 rings (SSSR count). The Morgan fingerprint density at radius 1 is 1.08 bits per heavy atom. The number of amides is 2. The summed E-state index contributed by atoms with van der Waals surface area (Å²) < 4.78 is 0. The van der Waals surface area contributed by atoms with E-state index in [4.69, 9.17) is 0 Å². The van der Waals surface area contributed by atoms with Crippen LogP contribution >= 0.6 is 0 Å². The van der Waals surface area contributed by atoms with Crippen LogP contribution in [0.2, 0.25) is 0 Å². The first kappa shape index (κ1) is 21.4. The summed E-state index contributed by atoms with van der Waals surface area (Å²) in [4.78, 5) is 31.5. The molecule has 0 bridgehead atoms. The molecule has 1 fully saturated rings. The standard InChI is InChI=1S/C18H35N5O2/c1-14(2)22(15(3)4)12-7-10-20-18(19-5)21-11-13-23-16(24)8-6-9-17(23)25/h14-15H,6-13H2,1-5H3,(H2,19,20,21). The topological polar surface area (TPSA) is 77.0 Å². The Balaban J connectivity index is 2.26. The summed E-state index contributed by atoms with van der Waals surface area (Å²) in [5.74, 6) is 0.574. The van der Waals surface area contributed by atoms with Gasteiger partial charge in [0.15, 0.2) is 5.96 Å². The molecule has 0 aromatic heterocycles. The van der Waals surface area contributed by atoms with Crippen LogP contribution in [0.1, 0.15) is 53.4 Å². The second-order valence-electron chi connectivity index (χ2n) is 7.00. The van der Waals surface area contributed by atoms with Gasteiger partial charge in [0.05, 0.1) is 0 Å². The van der Waals surface area contributed by atoms with Gasteiger partial charge in [-0.3, -0.25) is 24.4 Å². The number of imide groups is 1.